The van der Waals surface area contributed by atoms with Gasteiger partial charge in [-0.1, -0.05) is 12.1 Å². The maximum Gasteiger partial charge on any atom is 0.224 e. The molecule has 0 atom stereocenters. The predicted octanol–water partition coefficient (Wildman–Crippen LogP) is 5.35. The first-order valence-electron chi connectivity index (χ1n) is 10.5. The molecule has 2 aromatic carbocycles. The molecule has 0 aliphatic heterocycles. The number of hydrogen-bond acceptors (Lipinski definition) is 6. The summed E-state index contributed by atoms with van der Waals surface area (Å²) in [6.07, 6.45) is 3.63. The van der Waals surface area contributed by atoms with Gasteiger partial charge in [-0.2, -0.15) is 0 Å². The summed E-state index contributed by atoms with van der Waals surface area (Å²) in [5.74, 6) is 2.62. The molecule has 6 heteroatoms. The second kappa shape index (κ2) is 9.66. The van der Waals surface area contributed by atoms with Crippen LogP contribution < -0.4 is 19.5 Å². The molecule has 0 unspecified atom stereocenters. The van der Waals surface area contributed by atoms with Crippen LogP contribution in [0.2, 0.25) is 0 Å². The van der Waals surface area contributed by atoms with Crippen molar-refractivity contribution in [2.45, 2.75) is 26.9 Å². The third kappa shape index (κ3) is 4.81. The highest BCUT2D eigenvalue weighted by molar-refractivity contribution is 5.84. The highest BCUT2D eigenvalue weighted by Crippen LogP contribution is 2.35. The van der Waals surface area contributed by atoms with Gasteiger partial charge in [0.05, 0.1) is 19.7 Å². The molecule has 0 saturated heterocycles. The zero-order valence-corrected chi connectivity index (χ0v) is 18.8. The van der Waals surface area contributed by atoms with Gasteiger partial charge < -0.3 is 19.5 Å². The molecule has 2 heterocycles. The summed E-state index contributed by atoms with van der Waals surface area (Å²) < 4.78 is 17.2. The number of hydrogen-bond donors (Lipinski definition) is 1. The maximum atomic E-state index is 6.25. The average Bonchev–Trinajstić information content (AvgIpc) is 2.81. The highest BCUT2D eigenvalue weighted by Gasteiger charge is 2.14. The van der Waals surface area contributed by atoms with E-state index < -0.39 is 0 Å². The first-order chi connectivity index (χ1) is 15.6. The van der Waals surface area contributed by atoms with E-state index in [0.717, 1.165) is 27.8 Å². The van der Waals surface area contributed by atoms with Crippen molar-refractivity contribution in [3.8, 4) is 23.1 Å². The average molecular weight is 430 g/mol. The molecule has 6 nitrogen and oxygen atoms in total. The van der Waals surface area contributed by atoms with Crippen LogP contribution in [0.25, 0.3) is 10.9 Å². The molecule has 4 aromatic rings. The lowest BCUT2D eigenvalue weighted by Crippen LogP contribution is -2.14. The van der Waals surface area contributed by atoms with E-state index in [2.05, 4.69) is 36.3 Å². The van der Waals surface area contributed by atoms with Crippen molar-refractivity contribution < 1.29 is 14.2 Å². The van der Waals surface area contributed by atoms with E-state index in [9.17, 15) is 0 Å². The summed E-state index contributed by atoms with van der Waals surface area (Å²) in [4.78, 5) is 8.99. The van der Waals surface area contributed by atoms with Gasteiger partial charge in [0.2, 0.25) is 5.88 Å². The van der Waals surface area contributed by atoms with Crippen LogP contribution in [0, 0.1) is 13.8 Å². The summed E-state index contributed by atoms with van der Waals surface area (Å²) >= 11 is 0. The van der Waals surface area contributed by atoms with E-state index in [1.165, 1.54) is 11.1 Å². The number of pyridine rings is 2. The maximum absolute atomic E-state index is 6.25. The quantitative estimate of drug-likeness (QED) is 0.408. The Hall–Kier alpha value is -3.64. The fourth-order valence-corrected chi connectivity index (χ4v) is 3.48. The number of ether oxygens (including phenoxy) is 3. The molecule has 164 valence electrons. The van der Waals surface area contributed by atoms with Gasteiger partial charge in [-0.15, -0.1) is 0 Å². The van der Waals surface area contributed by atoms with Crippen molar-refractivity contribution in [1.82, 2.24) is 15.3 Å². The number of aryl methyl sites for hydroxylation is 2. The topological polar surface area (TPSA) is 65.5 Å². The lowest BCUT2D eigenvalue weighted by Gasteiger charge is -2.15. The molecule has 0 amide bonds. The SMILES string of the molecule is COc1cc2cc(CNCc3cccnc3)c(Oc3ccc(C)c(C)c3)nc2cc1OC. The number of benzene rings is 2. The largest absolute Gasteiger partial charge is 0.493 e. The van der Waals surface area contributed by atoms with E-state index in [1.807, 2.05) is 42.6 Å². The lowest BCUT2D eigenvalue weighted by molar-refractivity contribution is 0.355. The highest BCUT2D eigenvalue weighted by atomic mass is 16.5. The molecule has 0 aliphatic carbocycles. The Bertz CT molecular complexity index is 1230. The Balaban J connectivity index is 1.69. The van der Waals surface area contributed by atoms with Gasteiger partial charge in [-0.25, -0.2) is 4.98 Å². The van der Waals surface area contributed by atoms with Crippen molar-refractivity contribution in [1.29, 1.82) is 0 Å². The van der Waals surface area contributed by atoms with Gasteiger partial charge in [-0.05, 0) is 60.9 Å². The van der Waals surface area contributed by atoms with E-state index in [-0.39, 0.29) is 0 Å². The van der Waals surface area contributed by atoms with Crippen LogP contribution in [0.1, 0.15) is 22.3 Å². The minimum atomic E-state index is 0.562. The molecule has 0 bridgehead atoms. The number of nitrogens with one attached hydrogen (secondary N) is 1. The van der Waals surface area contributed by atoms with Gasteiger partial charge in [0.1, 0.15) is 5.75 Å². The Morgan fingerprint density at radius 2 is 1.69 bits per heavy atom. The smallest absolute Gasteiger partial charge is 0.224 e. The lowest BCUT2D eigenvalue weighted by atomic mass is 10.1. The van der Waals surface area contributed by atoms with Gasteiger partial charge in [0.15, 0.2) is 11.5 Å². The van der Waals surface area contributed by atoms with E-state index in [1.54, 1.807) is 20.4 Å². The van der Waals surface area contributed by atoms with Crippen molar-refractivity contribution in [3.05, 3.63) is 83.2 Å². The molecule has 0 radical (unpaired) electrons. The fraction of sp³-hybridized carbons (Fsp3) is 0.231. The third-order valence-electron chi connectivity index (χ3n) is 5.42. The Labute approximate surface area is 188 Å². The first-order valence-corrected chi connectivity index (χ1v) is 10.5. The molecule has 2 aromatic heterocycles. The van der Waals surface area contributed by atoms with Crippen LogP contribution in [-0.2, 0) is 13.1 Å². The van der Waals surface area contributed by atoms with E-state index in [0.29, 0.717) is 30.5 Å². The summed E-state index contributed by atoms with van der Waals surface area (Å²) in [5, 5.41) is 4.42. The standard InChI is InChI=1S/C26H27N3O3/c1-17-7-8-22(10-18(17)2)32-26-21(16-28-15-19-6-5-9-27-14-19)11-20-12-24(30-3)25(31-4)13-23(20)29-26/h5-14,28H,15-16H2,1-4H3. The molecule has 32 heavy (non-hydrogen) atoms. The Morgan fingerprint density at radius 1 is 0.875 bits per heavy atom. The molecule has 0 saturated carbocycles. The fourth-order valence-electron chi connectivity index (χ4n) is 3.48. The number of nitrogens with zero attached hydrogens (tertiary/aromatic N) is 2. The van der Waals surface area contributed by atoms with Crippen LogP contribution in [0.15, 0.2) is 60.9 Å². The summed E-state index contributed by atoms with van der Waals surface area (Å²) in [6.45, 7) is 5.44. The monoisotopic (exact) mass is 429 g/mol. The summed E-state index contributed by atoms with van der Waals surface area (Å²) in [5.41, 5.74) is 5.23. The Kier molecular flexibility index (Phi) is 6.52. The summed E-state index contributed by atoms with van der Waals surface area (Å²) in [6, 6.07) is 15.9. The van der Waals surface area contributed by atoms with Crippen LogP contribution in [0.3, 0.4) is 0 Å². The van der Waals surface area contributed by atoms with Crippen LogP contribution in [-0.4, -0.2) is 24.2 Å². The second-order valence-corrected chi connectivity index (χ2v) is 7.67. The zero-order valence-electron chi connectivity index (χ0n) is 18.8. The number of aromatic nitrogens is 2. The van der Waals surface area contributed by atoms with Crippen molar-refractivity contribution in [2.24, 2.45) is 0 Å². The molecule has 4 rings (SSSR count). The normalized spacial score (nSPS) is 10.9. The minimum absolute atomic E-state index is 0.562. The van der Waals surface area contributed by atoms with Gasteiger partial charge in [-0.3, -0.25) is 4.98 Å². The Morgan fingerprint density at radius 3 is 2.41 bits per heavy atom. The molecule has 1 N–H and O–H groups in total. The number of methoxy groups -OCH3 is 2. The van der Waals surface area contributed by atoms with Gasteiger partial charge >= 0.3 is 0 Å². The van der Waals surface area contributed by atoms with Crippen molar-refractivity contribution in [3.63, 3.8) is 0 Å². The summed E-state index contributed by atoms with van der Waals surface area (Å²) in [7, 11) is 3.25. The first kappa shape index (κ1) is 21.6. The van der Waals surface area contributed by atoms with E-state index in [4.69, 9.17) is 19.2 Å². The number of fused-ring (bicyclic) bond motifs is 1. The molecule has 0 fully saturated rings. The van der Waals surface area contributed by atoms with Gasteiger partial charge in [0.25, 0.3) is 0 Å². The van der Waals surface area contributed by atoms with Crippen LogP contribution >= 0.6 is 0 Å². The number of rotatable bonds is 8. The molecule has 0 spiro atoms. The molecular weight excluding hydrogens is 402 g/mol. The third-order valence-corrected chi connectivity index (χ3v) is 5.42. The zero-order chi connectivity index (χ0) is 22.5. The molecular formula is C26H27N3O3. The predicted molar refractivity (Wildman–Crippen MR) is 126 cm³/mol. The van der Waals surface area contributed by atoms with Crippen molar-refractivity contribution >= 4 is 10.9 Å². The molecule has 0 aliphatic rings. The van der Waals surface area contributed by atoms with Crippen LogP contribution in [0.4, 0.5) is 0 Å². The minimum Gasteiger partial charge on any atom is -0.493 e. The van der Waals surface area contributed by atoms with Gasteiger partial charge in [0, 0.05) is 42.5 Å². The second-order valence-electron chi connectivity index (χ2n) is 7.67. The van der Waals surface area contributed by atoms with Crippen molar-refractivity contribution in [2.75, 3.05) is 14.2 Å². The van der Waals surface area contributed by atoms with Crippen LogP contribution in [0.5, 0.6) is 23.1 Å². The van der Waals surface area contributed by atoms with E-state index >= 15 is 0 Å².